The van der Waals surface area contributed by atoms with Crippen LogP contribution in [0.15, 0.2) is 16.7 Å². The maximum atomic E-state index is 12.1. The predicted molar refractivity (Wildman–Crippen MR) is 78.4 cm³/mol. The monoisotopic (exact) mass is 345 g/mol. The summed E-state index contributed by atoms with van der Waals surface area (Å²) in [7, 11) is 0. The van der Waals surface area contributed by atoms with Gasteiger partial charge in [-0.25, -0.2) is 9.78 Å². The van der Waals surface area contributed by atoms with E-state index in [9.17, 15) is 4.79 Å². The zero-order valence-corrected chi connectivity index (χ0v) is 13.4. The Morgan fingerprint density at radius 3 is 2.74 bits per heavy atom. The van der Waals surface area contributed by atoms with Gasteiger partial charge in [-0.15, -0.1) is 0 Å². The first kappa shape index (κ1) is 14.8. The van der Waals surface area contributed by atoms with Gasteiger partial charge >= 0.3 is 5.97 Å². The van der Waals surface area contributed by atoms with Crippen LogP contribution in [-0.2, 0) is 4.74 Å². The Morgan fingerprint density at radius 2 is 2.11 bits per heavy atom. The summed E-state index contributed by atoms with van der Waals surface area (Å²) in [6.45, 7) is 4.50. The molecule has 1 aromatic heterocycles. The van der Waals surface area contributed by atoms with E-state index in [4.69, 9.17) is 16.3 Å². The van der Waals surface area contributed by atoms with E-state index in [1.165, 1.54) is 0 Å². The molecule has 0 saturated heterocycles. The minimum Gasteiger partial charge on any atom is -0.459 e. The quantitative estimate of drug-likeness (QED) is 0.579. The summed E-state index contributed by atoms with van der Waals surface area (Å²) in [5, 5.41) is 0.185. The molecule has 1 fully saturated rings. The third-order valence-corrected chi connectivity index (χ3v) is 4.32. The fraction of sp³-hybridized carbons (Fsp3) is 0.571. The highest BCUT2D eigenvalue weighted by Gasteiger charge is 2.29. The first-order valence-electron chi connectivity index (χ1n) is 6.39. The molecule has 0 aromatic carbocycles. The summed E-state index contributed by atoms with van der Waals surface area (Å²) in [6.07, 6.45) is 5.54. The highest BCUT2D eigenvalue weighted by molar-refractivity contribution is 9.10. The second kappa shape index (κ2) is 5.80. The Balaban J connectivity index is 2.00. The average Bonchev–Trinajstić information content (AvgIpc) is 2.35. The van der Waals surface area contributed by atoms with Crippen molar-refractivity contribution in [3.8, 4) is 0 Å². The molecule has 1 saturated carbocycles. The number of nitrogens with zero attached hydrogens (tertiary/aromatic N) is 1. The minimum absolute atomic E-state index is 0.00410. The molecule has 3 nitrogen and oxygen atoms in total. The Bertz CT molecular complexity index is 480. The molecule has 1 aromatic rings. The summed E-state index contributed by atoms with van der Waals surface area (Å²) in [6, 6.07) is 1.64. The van der Waals surface area contributed by atoms with Crippen molar-refractivity contribution in [3.63, 3.8) is 0 Å². The molecular weight excluding hydrogens is 330 g/mol. The summed E-state index contributed by atoms with van der Waals surface area (Å²) in [5.41, 5.74) is 0.679. The normalized spacial score (nSPS) is 19.2. The van der Waals surface area contributed by atoms with E-state index in [1.807, 2.05) is 0 Å². The van der Waals surface area contributed by atoms with E-state index >= 15 is 0 Å². The molecule has 104 valence electrons. The zero-order chi connectivity index (χ0) is 14.0. The van der Waals surface area contributed by atoms with Crippen LogP contribution in [0.25, 0.3) is 0 Å². The van der Waals surface area contributed by atoms with Gasteiger partial charge in [-0.05, 0) is 53.1 Å². The number of pyridine rings is 1. The lowest BCUT2D eigenvalue weighted by molar-refractivity contribution is 0.00948. The van der Waals surface area contributed by atoms with Crippen molar-refractivity contribution < 1.29 is 9.53 Å². The van der Waals surface area contributed by atoms with Crippen LogP contribution in [0.2, 0.25) is 5.15 Å². The van der Waals surface area contributed by atoms with Gasteiger partial charge in [0.1, 0.15) is 11.3 Å². The number of ether oxygens (including phenoxy) is 1. The highest BCUT2D eigenvalue weighted by atomic mass is 79.9. The van der Waals surface area contributed by atoms with Gasteiger partial charge in [0.15, 0.2) is 0 Å². The number of rotatable bonds is 2. The molecular formula is C14H17BrClNO2. The number of halogens is 2. The van der Waals surface area contributed by atoms with E-state index in [2.05, 4.69) is 34.8 Å². The summed E-state index contributed by atoms with van der Waals surface area (Å²) >= 11 is 9.20. The summed E-state index contributed by atoms with van der Waals surface area (Å²) in [4.78, 5) is 16.0. The van der Waals surface area contributed by atoms with E-state index in [1.54, 1.807) is 12.3 Å². The van der Waals surface area contributed by atoms with Gasteiger partial charge < -0.3 is 4.74 Å². The molecule has 1 heterocycles. The van der Waals surface area contributed by atoms with Crippen LogP contribution >= 0.6 is 27.5 Å². The molecule has 19 heavy (non-hydrogen) atoms. The number of hydrogen-bond donors (Lipinski definition) is 0. The van der Waals surface area contributed by atoms with E-state index in [-0.39, 0.29) is 17.2 Å². The van der Waals surface area contributed by atoms with Gasteiger partial charge in [-0.3, -0.25) is 0 Å². The molecule has 2 rings (SSSR count). The van der Waals surface area contributed by atoms with Gasteiger partial charge in [-0.2, -0.15) is 0 Å². The van der Waals surface area contributed by atoms with Crippen molar-refractivity contribution in [1.29, 1.82) is 0 Å². The van der Waals surface area contributed by atoms with Gasteiger partial charge in [0, 0.05) is 10.7 Å². The molecule has 0 amide bonds. The second-order valence-electron chi connectivity index (χ2n) is 5.76. The SMILES string of the molecule is CC1(C)CCC(OC(=O)c2cc(Br)cnc2Cl)CC1. The van der Waals surface area contributed by atoms with Gasteiger partial charge in [0.05, 0.1) is 5.56 Å². The molecule has 0 unspecified atom stereocenters. The fourth-order valence-electron chi connectivity index (χ4n) is 2.27. The Kier molecular flexibility index (Phi) is 4.51. The first-order valence-corrected chi connectivity index (χ1v) is 7.56. The lowest BCUT2D eigenvalue weighted by Gasteiger charge is -2.33. The smallest absolute Gasteiger partial charge is 0.341 e. The first-order chi connectivity index (χ1) is 8.87. The zero-order valence-electron chi connectivity index (χ0n) is 11.1. The van der Waals surface area contributed by atoms with Crippen molar-refractivity contribution >= 4 is 33.5 Å². The minimum atomic E-state index is -0.386. The highest BCUT2D eigenvalue weighted by Crippen LogP contribution is 2.36. The topological polar surface area (TPSA) is 39.2 Å². The number of hydrogen-bond acceptors (Lipinski definition) is 3. The van der Waals surface area contributed by atoms with Crippen molar-refractivity contribution in [1.82, 2.24) is 4.98 Å². The Labute approximate surface area is 126 Å². The van der Waals surface area contributed by atoms with Gasteiger partial charge in [0.2, 0.25) is 0 Å². The molecule has 0 atom stereocenters. The van der Waals surface area contributed by atoms with Crippen LogP contribution in [-0.4, -0.2) is 17.1 Å². The third-order valence-electron chi connectivity index (χ3n) is 3.59. The lowest BCUT2D eigenvalue weighted by atomic mass is 9.76. The number of aromatic nitrogens is 1. The van der Waals surface area contributed by atoms with Crippen LogP contribution in [0.5, 0.6) is 0 Å². The maximum absolute atomic E-state index is 12.1. The molecule has 1 aliphatic carbocycles. The molecule has 0 aliphatic heterocycles. The van der Waals surface area contributed by atoms with Gasteiger partial charge in [-0.1, -0.05) is 25.4 Å². The van der Waals surface area contributed by atoms with Crippen LogP contribution < -0.4 is 0 Å². The standard InChI is InChI=1S/C14H17BrClNO2/c1-14(2)5-3-10(4-6-14)19-13(18)11-7-9(15)8-17-12(11)16/h7-8,10H,3-6H2,1-2H3. The van der Waals surface area contributed by atoms with E-state index < -0.39 is 0 Å². The van der Waals surface area contributed by atoms with Crippen molar-refractivity contribution in [2.45, 2.75) is 45.6 Å². The van der Waals surface area contributed by atoms with Crippen LogP contribution in [0.1, 0.15) is 49.9 Å². The third kappa shape index (κ3) is 3.93. The summed E-state index contributed by atoms with van der Waals surface area (Å²) in [5.74, 6) is -0.386. The molecule has 0 radical (unpaired) electrons. The van der Waals surface area contributed by atoms with Crippen molar-refractivity contribution in [2.24, 2.45) is 5.41 Å². The summed E-state index contributed by atoms with van der Waals surface area (Å²) < 4.78 is 6.24. The average molecular weight is 347 g/mol. The van der Waals surface area contributed by atoms with Gasteiger partial charge in [0.25, 0.3) is 0 Å². The van der Waals surface area contributed by atoms with E-state index in [0.717, 1.165) is 25.7 Å². The van der Waals surface area contributed by atoms with Crippen molar-refractivity contribution in [2.75, 3.05) is 0 Å². The van der Waals surface area contributed by atoms with Crippen LogP contribution in [0, 0.1) is 5.41 Å². The second-order valence-corrected chi connectivity index (χ2v) is 7.03. The lowest BCUT2D eigenvalue weighted by Crippen LogP contribution is -2.28. The number of carbonyl (C=O) groups is 1. The van der Waals surface area contributed by atoms with E-state index in [0.29, 0.717) is 15.5 Å². The predicted octanol–water partition coefficient (Wildman–Crippen LogP) is 4.62. The van der Waals surface area contributed by atoms with Crippen molar-refractivity contribution in [3.05, 3.63) is 27.5 Å². The molecule has 0 N–H and O–H groups in total. The molecule has 0 bridgehead atoms. The Morgan fingerprint density at radius 1 is 1.47 bits per heavy atom. The fourth-order valence-corrected chi connectivity index (χ4v) is 2.78. The molecule has 1 aliphatic rings. The molecule has 5 heteroatoms. The largest absolute Gasteiger partial charge is 0.459 e. The van der Waals surface area contributed by atoms with Crippen LogP contribution in [0.3, 0.4) is 0 Å². The number of esters is 1. The Hall–Kier alpha value is -0.610. The maximum Gasteiger partial charge on any atom is 0.341 e. The van der Waals surface area contributed by atoms with Crippen LogP contribution in [0.4, 0.5) is 0 Å². The number of carbonyl (C=O) groups excluding carboxylic acids is 1. The molecule has 0 spiro atoms.